The maximum atomic E-state index is 13.8. The molecule has 2 aliphatic rings. The number of alkyl halides is 3. The summed E-state index contributed by atoms with van der Waals surface area (Å²) in [4.78, 5) is 24.8. The van der Waals surface area contributed by atoms with Gasteiger partial charge in [0.2, 0.25) is 5.95 Å². The van der Waals surface area contributed by atoms with E-state index in [1.54, 1.807) is 6.07 Å². The fraction of sp³-hybridized carbons (Fsp3) is 0.406. The molecule has 4 heterocycles. The summed E-state index contributed by atoms with van der Waals surface area (Å²) in [5.74, 6) is 0.109. The van der Waals surface area contributed by atoms with Crippen molar-refractivity contribution >= 4 is 28.4 Å². The van der Waals surface area contributed by atoms with Crippen LogP contribution in [0.3, 0.4) is 0 Å². The number of hydrogen-bond donors (Lipinski definition) is 3. The summed E-state index contributed by atoms with van der Waals surface area (Å²) < 4.78 is 42.2. The molecule has 4 aromatic rings. The first kappa shape index (κ1) is 29.1. The zero-order valence-corrected chi connectivity index (χ0v) is 24.3. The first-order valence-electron chi connectivity index (χ1n) is 14.8. The summed E-state index contributed by atoms with van der Waals surface area (Å²) in [5, 5.41) is 10.3. The molecule has 2 aromatic heterocycles. The molecule has 3 N–H and O–H groups in total. The van der Waals surface area contributed by atoms with Crippen LogP contribution >= 0.6 is 0 Å². The van der Waals surface area contributed by atoms with E-state index < -0.39 is 18.3 Å². The van der Waals surface area contributed by atoms with E-state index in [0.717, 1.165) is 66.7 Å². The van der Waals surface area contributed by atoms with Crippen molar-refractivity contribution in [3.8, 4) is 11.1 Å². The summed E-state index contributed by atoms with van der Waals surface area (Å²) in [6.07, 6.45) is 0.899. The van der Waals surface area contributed by atoms with E-state index in [1.807, 2.05) is 56.4 Å². The second kappa shape index (κ2) is 12.0. The van der Waals surface area contributed by atoms with Crippen molar-refractivity contribution in [2.24, 2.45) is 0 Å². The smallest absolute Gasteiger partial charge is 0.382 e. The van der Waals surface area contributed by atoms with Gasteiger partial charge >= 0.3 is 6.18 Å². The molecule has 0 radical (unpaired) electrons. The van der Waals surface area contributed by atoms with E-state index in [1.165, 1.54) is 6.20 Å². The van der Waals surface area contributed by atoms with E-state index in [-0.39, 0.29) is 23.2 Å². The Morgan fingerprint density at radius 2 is 1.74 bits per heavy atom. The quantitative estimate of drug-likeness (QED) is 0.243. The standard InChI is InChI=1S/C32H36F3N7O/c1-20-5-10-25(26(16-20)28-4-3-15-41(28)2)27-17-21-18-37-31(40-29(21)42(30(27)43)19-32(33,34)35)39-23-8-6-22(7-9-23)38-24-11-13-36-14-12-24/h5-10,16-18,24,28,36,38H,3-4,11-15,19H2,1-2H3,(H,37,39,40). The predicted molar refractivity (Wildman–Crippen MR) is 164 cm³/mol. The van der Waals surface area contributed by atoms with Gasteiger partial charge in [-0.25, -0.2) is 4.98 Å². The molecule has 2 saturated heterocycles. The Balaban J connectivity index is 1.35. The number of piperidine rings is 1. The average molecular weight is 592 g/mol. The molecule has 6 rings (SSSR count). The van der Waals surface area contributed by atoms with Gasteiger partial charge in [0.15, 0.2) is 0 Å². The van der Waals surface area contributed by atoms with Crippen LogP contribution in [0.4, 0.5) is 30.5 Å². The lowest BCUT2D eigenvalue weighted by Gasteiger charge is -2.24. The second-order valence-electron chi connectivity index (χ2n) is 11.6. The summed E-state index contributed by atoms with van der Waals surface area (Å²) in [7, 11) is 2.03. The Kier molecular flexibility index (Phi) is 8.11. The Labute approximate surface area is 248 Å². The van der Waals surface area contributed by atoms with Crippen molar-refractivity contribution in [3.05, 3.63) is 76.2 Å². The van der Waals surface area contributed by atoms with Crippen LogP contribution in [0.15, 0.2) is 59.5 Å². The van der Waals surface area contributed by atoms with Crippen LogP contribution in [-0.2, 0) is 6.54 Å². The molecule has 0 spiro atoms. The van der Waals surface area contributed by atoms with Gasteiger partial charge in [0.1, 0.15) is 12.2 Å². The lowest BCUT2D eigenvalue weighted by atomic mass is 9.92. The molecule has 2 aromatic carbocycles. The molecule has 2 aliphatic heterocycles. The molecular weight excluding hydrogens is 555 g/mol. The van der Waals surface area contributed by atoms with Gasteiger partial charge in [-0.1, -0.05) is 23.8 Å². The van der Waals surface area contributed by atoms with E-state index in [4.69, 9.17) is 0 Å². The number of fused-ring (bicyclic) bond motifs is 1. The predicted octanol–water partition coefficient (Wildman–Crippen LogP) is 6.00. The highest BCUT2D eigenvalue weighted by atomic mass is 19.4. The number of rotatable bonds is 7. The topological polar surface area (TPSA) is 87.1 Å². The molecule has 0 amide bonds. The van der Waals surface area contributed by atoms with Crippen molar-refractivity contribution in [3.63, 3.8) is 0 Å². The van der Waals surface area contributed by atoms with E-state index in [9.17, 15) is 18.0 Å². The minimum absolute atomic E-state index is 0.0700. The highest BCUT2D eigenvalue weighted by molar-refractivity contribution is 5.83. The number of anilines is 3. The number of hydrogen-bond acceptors (Lipinski definition) is 7. The fourth-order valence-corrected chi connectivity index (χ4v) is 6.23. The third-order valence-corrected chi connectivity index (χ3v) is 8.39. The SMILES string of the molecule is Cc1ccc(-c2cc3cnc(Nc4ccc(NC5CCNCC5)cc4)nc3n(CC(F)(F)F)c2=O)c(C2CCCN2C)c1. The molecule has 2 fully saturated rings. The first-order chi connectivity index (χ1) is 20.6. The van der Waals surface area contributed by atoms with Crippen LogP contribution < -0.4 is 21.5 Å². The monoisotopic (exact) mass is 591 g/mol. The number of aryl methyl sites for hydroxylation is 1. The van der Waals surface area contributed by atoms with Gasteiger partial charge in [-0.15, -0.1) is 0 Å². The summed E-state index contributed by atoms with van der Waals surface area (Å²) in [6, 6.07) is 15.5. The number of nitrogens with one attached hydrogen (secondary N) is 3. The molecule has 8 nitrogen and oxygen atoms in total. The van der Waals surface area contributed by atoms with Gasteiger partial charge in [-0.05, 0) is 101 Å². The molecule has 0 bridgehead atoms. The highest BCUT2D eigenvalue weighted by Crippen LogP contribution is 2.37. The Morgan fingerprint density at radius 1 is 1.00 bits per heavy atom. The second-order valence-corrected chi connectivity index (χ2v) is 11.6. The first-order valence-corrected chi connectivity index (χ1v) is 14.8. The average Bonchev–Trinajstić information content (AvgIpc) is 3.41. The molecule has 43 heavy (non-hydrogen) atoms. The van der Waals surface area contributed by atoms with Crippen molar-refractivity contribution in [1.29, 1.82) is 0 Å². The molecule has 0 aliphatic carbocycles. The van der Waals surface area contributed by atoms with Gasteiger partial charge in [-0.3, -0.25) is 14.3 Å². The maximum Gasteiger partial charge on any atom is 0.406 e. The summed E-state index contributed by atoms with van der Waals surface area (Å²) in [5.41, 5.74) is 3.72. The van der Waals surface area contributed by atoms with Crippen LogP contribution in [0, 0.1) is 6.92 Å². The fourth-order valence-electron chi connectivity index (χ4n) is 6.23. The van der Waals surface area contributed by atoms with Crippen molar-refractivity contribution in [1.82, 2.24) is 24.8 Å². The third-order valence-electron chi connectivity index (χ3n) is 8.39. The van der Waals surface area contributed by atoms with Gasteiger partial charge in [-0.2, -0.15) is 18.2 Å². The van der Waals surface area contributed by atoms with Crippen LogP contribution in [0.25, 0.3) is 22.2 Å². The number of pyridine rings is 1. The zero-order chi connectivity index (χ0) is 30.1. The summed E-state index contributed by atoms with van der Waals surface area (Å²) >= 11 is 0. The largest absolute Gasteiger partial charge is 0.406 e. The van der Waals surface area contributed by atoms with Crippen molar-refractivity contribution < 1.29 is 13.2 Å². The zero-order valence-electron chi connectivity index (χ0n) is 24.3. The van der Waals surface area contributed by atoms with Gasteiger partial charge in [0, 0.05) is 40.6 Å². The van der Waals surface area contributed by atoms with Gasteiger partial charge < -0.3 is 16.0 Å². The van der Waals surface area contributed by atoms with Crippen molar-refractivity contribution in [2.45, 2.75) is 57.4 Å². The van der Waals surface area contributed by atoms with Crippen LogP contribution in [0.5, 0.6) is 0 Å². The molecule has 226 valence electrons. The van der Waals surface area contributed by atoms with E-state index >= 15 is 0 Å². The van der Waals surface area contributed by atoms with Gasteiger partial charge in [0.25, 0.3) is 5.56 Å². The highest BCUT2D eigenvalue weighted by Gasteiger charge is 2.32. The number of halogens is 3. The summed E-state index contributed by atoms with van der Waals surface area (Å²) in [6.45, 7) is 3.43. The lowest BCUT2D eigenvalue weighted by molar-refractivity contribution is -0.140. The normalized spacial score (nSPS) is 18.3. The lowest BCUT2D eigenvalue weighted by Crippen LogP contribution is -2.35. The Bertz CT molecular complexity index is 1660. The van der Waals surface area contributed by atoms with Crippen LogP contribution in [-0.4, -0.2) is 58.3 Å². The Hall–Kier alpha value is -3.96. The Morgan fingerprint density at radius 3 is 2.44 bits per heavy atom. The molecule has 11 heteroatoms. The minimum atomic E-state index is -4.62. The van der Waals surface area contributed by atoms with Crippen LogP contribution in [0.2, 0.25) is 0 Å². The maximum absolute atomic E-state index is 13.8. The number of nitrogens with zero attached hydrogens (tertiary/aromatic N) is 4. The van der Waals surface area contributed by atoms with E-state index in [2.05, 4.69) is 30.8 Å². The minimum Gasteiger partial charge on any atom is -0.382 e. The van der Waals surface area contributed by atoms with Gasteiger partial charge in [0.05, 0.1) is 0 Å². The number of aromatic nitrogens is 3. The van der Waals surface area contributed by atoms with Crippen LogP contribution in [0.1, 0.15) is 42.9 Å². The number of likely N-dealkylation sites (tertiary alicyclic amines) is 1. The van der Waals surface area contributed by atoms with Crippen molar-refractivity contribution in [2.75, 3.05) is 37.3 Å². The molecule has 1 unspecified atom stereocenters. The number of benzene rings is 2. The third kappa shape index (κ3) is 6.52. The molecular formula is C32H36F3N7O. The molecule has 1 atom stereocenters. The molecule has 0 saturated carbocycles. The van der Waals surface area contributed by atoms with E-state index in [0.29, 0.717) is 22.7 Å².